The highest BCUT2D eigenvalue weighted by atomic mass is 19.1. The predicted octanol–water partition coefficient (Wildman–Crippen LogP) is 3.90. The van der Waals surface area contributed by atoms with Crippen LogP contribution in [0, 0.1) is 17.1 Å². The number of ether oxygens (including phenoxy) is 1. The van der Waals surface area contributed by atoms with Crippen molar-refractivity contribution in [3.63, 3.8) is 0 Å². The van der Waals surface area contributed by atoms with E-state index in [0.29, 0.717) is 84.8 Å². The van der Waals surface area contributed by atoms with Crippen molar-refractivity contribution in [2.45, 2.75) is 19.4 Å². The number of hydrogen-bond acceptors (Lipinski definition) is 9. The number of halogens is 1. The molecule has 13 nitrogen and oxygen atoms in total. The van der Waals surface area contributed by atoms with Crippen LogP contribution in [0.5, 0.6) is 5.75 Å². The first-order valence-electron chi connectivity index (χ1n) is 16.0. The zero-order chi connectivity index (χ0) is 33.9. The van der Waals surface area contributed by atoms with Crippen LogP contribution in [0.1, 0.15) is 34.5 Å². The minimum atomic E-state index is -0.524. The molecule has 0 atom stereocenters. The Bertz CT molecular complexity index is 2090. The van der Waals surface area contributed by atoms with Gasteiger partial charge in [-0.1, -0.05) is 11.3 Å². The number of nitriles is 1. The maximum atomic E-state index is 16.6. The Hall–Kier alpha value is -6.10. The third kappa shape index (κ3) is 6.30. The van der Waals surface area contributed by atoms with Crippen molar-refractivity contribution in [1.29, 1.82) is 5.26 Å². The SMILES string of the molecule is COc1cccnc1N1CCN(C(=O)c2cc3c(-c4cc(C#N)ccn4)cc(C4=CCCN(C(=O)CCn5ccnn5)C4)c(F)c3[nH]2)CC1. The van der Waals surface area contributed by atoms with Crippen LogP contribution in [0.2, 0.25) is 0 Å². The molecule has 248 valence electrons. The summed E-state index contributed by atoms with van der Waals surface area (Å²) in [5, 5.41) is 17.8. The number of nitrogens with zero attached hydrogens (tertiary/aromatic N) is 9. The summed E-state index contributed by atoms with van der Waals surface area (Å²) in [5.74, 6) is 0.542. The molecule has 0 saturated carbocycles. The number of methoxy groups -OCH3 is 1. The van der Waals surface area contributed by atoms with E-state index in [1.807, 2.05) is 18.2 Å². The summed E-state index contributed by atoms with van der Waals surface area (Å²) < 4.78 is 23.6. The third-order valence-electron chi connectivity index (χ3n) is 8.96. The number of carbonyl (C=O) groups is 2. The smallest absolute Gasteiger partial charge is 0.270 e. The van der Waals surface area contributed by atoms with Crippen LogP contribution < -0.4 is 9.64 Å². The van der Waals surface area contributed by atoms with Gasteiger partial charge in [-0.25, -0.2) is 9.37 Å². The normalized spacial score (nSPS) is 14.9. The molecule has 0 spiro atoms. The largest absolute Gasteiger partial charge is 0.493 e. The summed E-state index contributed by atoms with van der Waals surface area (Å²) in [6.07, 6.45) is 9.24. The zero-order valence-electron chi connectivity index (χ0n) is 26.8. The summed E-state index contributed by atoms with van der Waals surface area (Å²) in [6, 6.07) is 12.4. The maximum Gasteiger partial charge on any atom is 0.270 e. The molecular formula is C35H33FN10O3. The van der Waals surface area contributed by atoms with Crippen molar-refractivity contribution in [2.24, 2.45) is 0 Å². The molecular weight excluding hydrogens is 627 g/mol. The van der Waals surface area contributed by atoms with Crippen LogP contribution in [-0.4, -0.2) is 97.9 Å². The Morgan fingerprint density at radius 1 is 1.02 bits per heavy atom. The minimum Gasteiger partial charge on any atom is -0.493 e. The van der Waals surface area contributed by atoms with Crippen LogP contribution >= 0.6 is 0 Å². The number of benzene rings is 1. The number of H-pyrrole nitrogens is 1. The monoisotopic (exact) mass is 660 g/mol. The Balaban J connectivity index is 1.19. The zero-order valence-corrected chi connectivity index (χ0v) is 26.8. The highest BCUT2D eigenvalue weighted by Crippen LogP contribution is 2.37. The summed E-state index contributed by atoms with van der Waals surface area (Å²) in [4.78, 5) is 44.5. The van der Waals surface area contributed by atoms with Crippen molar-refractivity contribution >= 4 is 34.1 Å². The number of aromatic nitrogens is 6. The molecule has 4 aromatic heterocycles. The van der Waals surface area contributed by atoms with Crippen molar-refractivity contribution in [3.05, 3.63) is 89.9 Å². The average molecular weight is 661 g/mol. The van der Waals surface area contributed by atoms with Crippen LogP contribution in [0.4, 0.5) is 10.2 Å². The van der Waals surface area contributed by atoms with E-state index in [-0.39, 0.29) is 36.0 Å². The molecule has 1 fully saturated rings. The van der Waals surface area contributed by atoms with Gasteiger partial charge in [-0.15, -0.1) is 5.10 Å². The van der Waals surface area contributed by atoms with Gasteiger partial charge in [0.2, 0.25) is 5.91 Å². The fraction of sp³-hybridized carbons (Fsp3) is 0.286. The highest BCUT2D eigenvalue weighted by molar-refractivity contribution is 6.04. The second kappa shape index (κ2) is 13.6. The summed E-state index contributed by atoms with van der Waals surface area (Å²) in [6.45, 7) is 3.12. The number of fused-ring (bicyclic) bond motifs is 1. The Kier molecular flexibility index (Phi) is 8.72. The summed E-state index contributed by atoms with van der Waals surface area (Å²) in [5.41, 5.74) is 2.81. The topological polar surface area (TPSA) is 149 Å². The second-order valence-electron chi connectivity index (χ2n) is 11.9. The third-order valence-corrected chi connectivity index (χ3v) is 8.96. The number of pyridine rings is 2. The van der Waals surface area contributed by atoms with Crippen LogP contribution in [-0.2, 0) is 11.3 Å². The first-order valence-corrected chi connectivity index (χ1v) is 16.0. The van der Waals surface area contributed by atoms with Crippen molar-refractivity contribution in [1.82, 2.24) is 39.7 Å². The Labute approximate surface area is 281 Å². The van der Waals surface area contributed by atoms with E-state index in [1.165, 1.54) is 6.20 Å². The first kappa shape index (κ1) is 31.5. The van der Waals surface area contributed by atoms with Crippen LogP contribution in [0.15, 0.2) is 67.3 Å². The van der Waals surface area contributed by atoms with E-state index in [2.05, 4.69) is 36.2 Å². The molecule has 6 heterocycles. The molecule has 5 aromatic rings. The van der Waals surface area contributed by atoms with Crippen molar-refractivity contribution in [3.8, 4) is 23.1 Å². The lowest BCUT2D eigenvalue weighted by molar-refractivity contribution is -0.131. The molecule has 1 N–H and O–H groups in total. The van der Waals surface area contributed by atoms with E-state index in [0.717, 1.165) is 5.82 Å². The number of rotatable bonds is 8. The molecule has 49 heavy (non-hydrogen) atoms. The minimum absolute atomic E-state index is 0.0689. The Morgan fingerprint density at radius 3 is 2.65 bits per heavy atom. The van der Waals surface area contributed by atoms with Gasteiger partial charge in [0.05, 0.1) is 42.7 Å². The molecule has 7 rings (SSSR count). The van der Waals surface area contributed by atoms with Gasteiger partial charge in [0, 0.05) is 80.8 Å². The van der Waals surface area contributed by atoms with E-state index < -0.39 is 5.82 Å². The number of amides is 2. The molecule has 0 unspecified atom stereocenters. The van der Waals surface area contributed by atoms with Gasteiger partial charge in [0.25, 0.3) is 5.91 Å². The quantitative estimate of drug-likeness (QED) is 0.262. The van der Waals surface area contributed by atoms with Crippen LogP contribution in [0.25, 0.3) is 27.7 Å². The van der Waals surface area contributed by atoms with Gasteiger partial charge in [-0.3, -0.25) is 19.3 Å². The number of nitrogens with one attached hydrogen (secondary N) is 1. The lowest BCUT2D eigenvalue weighted by Crippen LogP contribution is -2.49. The molecule has 2 amide bonds. The number of piperazine rings is 1. The second-order valence-corrected chi connectivity index (χ2v) is 11.9. The van der Waals surface area contributed by atoms with E-state index >= 15 is 4.39 Å². The number of anilines is 1. The van der Waals surface area contributed by atoms with E-state index in [9.17, 15) is 14.9 Å². The van der Waals surface area contributed by atoms with E-state index in [4.69, 9.17) is 4.74 Å². The summed E-state index contributed by atoms with van der Waals surface area (Å²) in [7, 11) is 1.60. The molecule has 0 aliphatic carbocycles. The van der Waals surface area contributed by atoms with Gasteiger partial charge in [0.15, 0.2) is 17.4 Å². The average Bonchev–Trinajstić information content (AvgIpc) is 3.85. The van der Waals surface area contributed by atoms with Gasteiger partial charge in [-0.05, 0) is 48.4 Å². The van der Waals surface area contributed by atoms with Crippen molar-refractivity contribution < 1.29 is 18.7 Å². The lowest BCUT2D eigenvalue weighted by Gasteiger charge is -2.35. The highest BCUT2D eigenvalue weighted by Gasteiger charge is 2.28. The predicted molar refractivity (Wildman–Crippen MR) is 179 cm³/mol. The van der Waals surface area contributed by atoms with E-state index in [1.54, 1.807) is 64.4 Å². The lowest BCUT2D eigenvalue weighted by atomic mass is 9.94. The molecule has 1 saturated heterocycles. The molecule has 0 radical (unpaired) electrons. The Morgan fingerprint density at radius 2 is 1.88 bits per heavy atom. The molecule has 14 heteroatoms. The number of aryl methyl sites for hydroxylation is 1. The molecule has 2 aliphatic rings. The molecule has 2 aliphatic heterocycles. The van der Waals surface area contributed by atoms with Gasteiger partial charge in [-0.2, -0.15) is 5.26 Å². The van der Waals surface area contributed by atoms with Gasteiger partial charge >= 0.3 is 0 Å². The fourth-order valence-electron chi connectivity index (χ4n) is 6.41. The molecule has 0 bridgehead atoms. The number of hydrogen-bond donors (Lipinski definition) is 1. The first-order chi connectivity index (χ1) is 23.9. The number of carbonyl (C=O) groups excluding carboxylic acids is 2. The van der Waals surface area contributed by atoms with Gasteiger partial charge < -0.3 is 24.4 Å². The fourth-order valence-corrected chi connectivity index (χ4v) is 6.41. The molecule has 1 aromatic carbocycles. The standard InChI is InChI=1S/C35H33FN10O3/c1-49-30-5-2-8-39-34(30)43-14-16-44(17-15-43)35(48)29-20-27-26(28-18-23(21-37)6-9-38-28)19-25(32(36)33(27)41-29)24-4-3-11-45(22-24)31(47)7-12-46-13-10-40-42-46/h2,4-6,8-10,13,18-20,41H,3,7,11-12,14-17,22H2,1H3. The summed E-state index contributed by atoms with van der Waals surface area (Å²) >= 11 is 0. The number of aromatic amines is 1. The van der Waals surface area contributed by atoms with Crippen molar-refractivity contribution in [2.75, 3.05) is 51.3 Å². The van der Waals surface area contributed by atoms with Gasteiger partial charge in [0.1, 0.15) is 5.69 Å². The van der Waals surface area contributed by atoms with Crippen LogP contribution in [0.3, 0.4) is 0 Å². The maximum absolute atomic E-state index is 16.6.